The lowest BCUT2D eigenvalue weighted by Crippen LogP contribution is -2.40. The first-order chi connectivity index (χ1) is 6.81. The van der Waals surface area contributed by atoms with Crippen LogP contribution in [0.3, 0.4) is 0 Å². The predicted octanol–water partition coefficient (Wildman–Crippen LogP) is -0.426. The van der Waals surface area contributed by atoms with E-state index < -0.39 is 0 Å². The van der Waals surface area contributed by atoms with E-state index in [1.54, 1.807) is 0 Å². The van der Waals surface area contributed by atoms with Gasteiger partial charge in [0.05, 0.1) is 13.2 Å². The van der Waals surface area contributed by atoms with E-state index in [1.807, 2.05) is 0 Å². The molecule has 0 saturated carbocycles. The van der Waals surface area contributed by atoms with Gasteiger partial charge in [-0.2, -0.15) is 0 Å². The highest BCUT2D eigenvalue weighted by atomic mass is 16.5. The second-order valence-corrected chi connectivity index (χ2v) is 3.76. The summed E-state index contributed by atoms with van der Waals surface area (Å²) in [5, 5.41) is 0. The molecule has 2 fully saturated rings. The monoisotopic (exact) mass is 200 g/mol. The Hall–Kier alpha value is -0.650. The zero-order chi connectivity index (χ0) is 9.97. The van der Waals surface area contributed by atoms with E-state index in [0.717, 1.165) is 25.9 Å². The smallest absolute Gasteiger partial charge is 0.324 e. The zero-order valence-electron chi connectivity index (χ0n) is 8.29. The molecular weight excluding hydrogens is 184 g/mol. The van der Waals surface area contributed by atoms with Gasteiger partial charge in [-0.15, -0.1) is 0 Å². The first-order valence-electron chi connectivity index (χ1n) is 5.01. The number of methoxy groups -OCH3 is 1. The van der Waals surface area contributed by atoms with Crippen LogP contribution in [0.2, 0.25) is 0 Å². The van der Waals surface area contributed by atoms with Gasteiger partial charge >= 0.3 is 5.97 Å². The highest BCUT2D eigenvalue weighted by Crippen LogP contribution is 2.21. The van der Waals surface area contributed by atoms with Crippen LogP contribution in [0.5, 0.6) is 0 Å². The Morgan fingerprint density at radius 1 is 1.50 bits per heavy atom. The van der Waals surface area contributed by atoms with Crippen molar-refractivity contribution in [3.8, 4) is 0 Å². The predicted molar refractivity (Wildman–Crippen MR) is 49.5 cm³/mol. The molecular formula is C9H16N2O3. The second-order valence-electron chi connectivity index (χ2n) is 3.76. The Bertz CT molecular complexity index is 216. The minimum atomic E-state index is -0.228. The van der Waals surface area contributed by atoms with Crippen LogP contribution < -0.4 is 10.9 Å². The van der Waals surface area contributed by atoms with Gasteiger partial charge in [0, 0.05) is 12.6 Å². The molecule has 5 nitrogen and oxygen atoms in total. The maximum atomic E-state index is 11.2. The van der Waals surface area contributed by atoms with Gasteiger partial charge in [-0.3, -0.25) is 10.2 Å². The van der Waals surface area contributed by atoms with Crippen LogP contribution in [0.1, 0.15) is 19.3 Å². The third kappa shape index (κ3) is 1.89. The largest absolute Gasteiger partial charge is 0.468 e. The molecule has 80 valence electrons. The molecule has 2 saturated heterocycles. The van der Waals surface area contributed by atoms with Crippen LogP contribution >= 0.6 is 0 Å². The van der Waals surface area contributed by atoms with Crippen LogP contribution in [-0.4, -0.2) is 37.9 Å². The van der Waals surface area contributed by atoms with Gasteiger partial charge in [-0.05, 0) is 19.3 Å². The standard InChI is InChI=1S/C9H16N2O3/c1-13-9(12)7-5-6(10-11-7)8-3-2-4-14-8/h6-8,10-11H,2-5H2,1H3. The summed E-state index contributed by atoms with van der Waals surface area (Å²) in [7, 11) is 1.41. The lowest BCUT2D eigenvalue weighted by Gasteiger charge is -2.16. The quantitative estimate of drug-likeness (QED) is 0.592. The van der Waals surface area contributed by atoms with Crippen molar-refractivity contribution < 1.29 is 14.3 Å². The van der Waals surface area contributed by atoms with Crippen molar-refractivity contribution in [3.05, 3.63) is 0 Å². The average molecular weight is 200 g/mol. The lowest BCUT2D eigenvalue weighted by atomic mass is 10.0. The van der Waals surface area contributed by atoms with E-state index in [4.69, 9.17) is 4.74 Å². The van der Waals surface area contributed by atoms with Crippen molar-refractivity contribution in [3.63, 3.8) is 0 Å². The summed E-state index contributed by atoms with van der Waals surface area (Å²) in [5.41, 5.74) is 6.02. The summed E-state index contributed by atoms with van der Waals surface area (Å²) < 4.78 is 10.2. The van der Waals surface area contributed by atoms with Crippen LogP contribution in [0.15, 0.2) is 0 Å². The van der Waals surface area contributed by atoms with E-state index in [9.17, 15) is 4.79 Å². The van der Waals surface area contributed by atoms with E-state index >= 15 is 0 Å². The minimum Gasteiger partial charge on any atom is -0.468 e. The third-order valence-corrected chi connectivity index (χ3v) is 2.83. The lowest BCUT2D eigenvalue weighted by molar-refractivity contribution is -0.142. The van der Waals surface area contributed by atoms with Gasteiger partial charge in [0.15, 0.2) is 0 Å². The fourth-order valence-corrected chi connectivity index (χ4v) is 2.04. The normalized spacial score (nSPS) is 37.4. The van der Waals surface area contributed by atoms with Gasteiger partial charge in [-0.25, -0.2) is 5.43 Å². The van der Waals surface area contributed by atoms with E-state index in [-0.39, 0.29) is 24.2 Å². The molecule has 0 spiro atoms. The Kier molecular flexibility index (Phi) is 3.00. The van der Waals surface area contributed by atoms with Crippen LogP contribution in [0, 0.1) is 0 Å². The highest BCUT2D eigenvalue weighted by molar-refractivity contribution is 5.75. The van der Waals surface area contributed by atoms with Crippen LogP contribution in [0.25, 0.3) is 0 Å². The van der Waals surface area contributed by atoms with Crippen LogP contribution in [0.4, 0.5) is 0 Å². The molecule has 5 heteroatoms. The number of hydrogen-bond donors (Lipinski definition) is 2. The fraction of sp³-hybridized carbons (Fsp3) is 0.889. The Labute approximate surface area is 83.1 Å². The summed E-state index contributed by atoms with van der Waals surface area (Å²) in [5.74, 6) is -0.210. The van der Waals surface area contributed by atoms with Gasteiger partial charge in [0.2, 0.25) is 0 Å². The van der Waals surface area contributed by atoms with E-state index in [1.165, 1.54) is 7.11 Å². The highest BCUT2D eigenvalue weighted by Gasteiger charge is 2.36. The molecule has 0 amide bonds. The second kappa shape index (κ2) is 4.25. The van der Waals surface area contributed by atoms with Crippen molar-refractivity contribution in [2.45, 2.75) is 37.5 Å². The molecule has 0 radical (unpaired) electrons. The van der Waals surface area contributed by atoms with Crippen molar-refractivity contribution in [2.24, 2.45) is 0 Å². The van der Waals surface area contributed by atoms with Crippen LogP contribution in [-0.2, 0) is 14.3 Å². The summed E-state index contributed by atoms with van der Waals surface area (Å²) in [6, 6.07) is 0.01000. The first kappa shape index (κ1) is 9.89. The zero-order valence-corrected chi connectivity index (χ0v) is 8.29. The Morgan fingerprint density at radius 3 is 3.00 bits per heavy atom. The molecule has 14 heavy (non-hydrogen) atoms. The molecule has 2 rings (SSSR count). The molecule has 0 aromatic heterocycles. The Morgan fingerprint density at radius 2 is 2.36 bits per heavy atom. The number of nitrogens with one attached hydrogen (secondary N) is 2. The van der Waals surface area contributed by atoms with Gasteiger partial charge in [-0.1, -0.05) is 0 Å². The molecule has 2 heterocycles. The fourth-order valence-electron chi connectivity index (χ4n) is 2.04. The molecule has 0 bridgehead atoms. The minimum absolute atomic E-state index is 0.210. The molecule has 2 aliphatic rings. The summed E-state index contributed by atoms with van der Waals surface area (Å²) in [6.07, 6.45) is 3.19. The van der Waals surface area contributed by atoms with Crippen molar-refractivity contribution in [2.75, 3.05) is 13.7 Å². The first-order valence-corrected chi connectivity index (χ1v) is 5.01. The van der Waals surface area contributed by atoms with E-state index in [2.05, 4.69) is 15.6 Å². The van der Waals surface area contributed by atoms with Crippen molar-refractivity contribution >= 4 is 5.97 Å². The molecule has 0 aromatic carbocycles. The van der Waals surface area contributed by atoms with Gasteiger partial charge in [0.1, 0.15) is 6.04 Å². The molecule has 0 aliphatic carbocycles. The van der Waals surface area contributed by atoms with Crippen molar-refractivity contribution in [1.82, 2.24) is 10.9 Å². The SMILES string of the molecule is COC(=O)C1CC(C2CCCO2)NN1. The molecule has 2 aliphatic heterocycles. The maximum Gasteiger partial charge on any atom is 0.324 e. The molecule has 0 aromatic rings. The number of hydrazine groups is 1. The number of rotatable bonds is 2. The maximum absolute atomic E-state index is 11.2. The number of carbonyl (C=O) groups excluding carboxylic acids is 1. The number of esters is 1. The summed E-state index contributed by atoms with van der Waals surface area (Å²) in [6.45, 7) is 0.839. The molecule has 2 N–H and O–H groups in total. The number of hydrogen-bond acceptors (Lipinski definition) is 5. The van der Waals surface area contributed by atoms with E-state index in [0.29, 0.717) is 0 Å². The topological polar surface area (TPSA) is 59.6 Å². The van der Waals surface area contributed by atoms with Gasteiger partial charge in [0.25, 0.3) is 0 Å². The number of ether oxygens (including phenoxy) is 2. The molecule has 3 unspecified atom stereocenters. The average Bonchev–Trinajstić information content (AvgIpc) is 2.86. The summed E-state index contributed by atoms with van der Waals surface area (Å²) in [4.78, 5) is 11.2. The van der Waals surface area contributed by atoms with Crippen molar-refractivity contribution in [1.29, 1.82) is 0 Å². The Balaban J connectivity index is 1.84. The third-order valence-electron chi connectivity index (χ3n) is 2.83. The molecule has 3 atom stereocenters. The number of carbonyl (C=O) groups is 1. The summed E-state index contributed by atoms with van der Waals surface area (Å²) >= 11 is 0. The van der Waals surface area contributed by atoms with Gasteiger partial charge < -0.3 is 9.47 Å².